The molecule has 0 aromatic carbocycles. The fourth-order valence-corrected chi connectivity index (χ4v) is 1.86. The van der Waals surface area contributed by atoms with E-state index in [0.717, 1.165) is 4.57 Å². The van der Waals surface area contributed by atoms with Crippen molar-refractivity contribution in [1.29, 1.82) is 0 Å². The van der Waals surface area contributed by atoms with Crippen LogP contribution in [0.5, 0.6) is 0 Å². The van der Waals surface area contributed by atoms with E-state index in [-0.39, 0.29) is 12.1 Å². The van der Waals surface area contributed by atoms with Gasteiger partial charge in [0, 0.05) is 46.7 Å². The molecule has 0 N–H and O–H groups in total. The Balaban J connectivity index is 3.06. The molecule has 0 radical (unpaired) electrons. The Labute approximate surface area is 116 Å². The molecule has 0 aliphatic carbocycles. The smallest absolute Gasteiger partial charge is 0.330 e. The summed E-state index contributed by atoms with van der Waals surface area (Å²) in [6, 6.07) is 0. The van der Waals surface area contributed by atoms with Crippen molar-refractivity contribution in [2.75, 3.05) is 27.4 Å². The van der Waals surface area contributed by atoms with Gasteiger partial charge in [-0.2, -0.15) is 0 Å². The van der Waals surface area contributed by atoms with Crippen LogP contribution in [0.2, 0.25) is 0 Å². The second-order valence-electron chi connectivity index (χ2n) is 4.33. The minimum atomic E-state index is -0.552. The summed E-state index contributed by atoms with van der Waals surface area (Å²) in [7, 11) is 3.12. The summed E-state index contributed by atoms with van der Waals surface area (Å²) in [6.07, 6.45) is 2.94. The lowest BCUT2D eigenvalue weighted by atomic mass is 10.3. The number of methoxy groups -OCH3 is 2. The Morgan fingerprint density at radius 3 is 2.25 bits per heavy atom. The SMILES string of the molecule is COCCCn1cc(C=O)c(=O)n(CCCOC)c1=O. The number of carbonyl (C=O) groups excluding carboxylic acids is 1. The van der Waals surface area contributed by atoms with Crippen molar-refractivity contribution in [3.8, 4) is 0 Å². The largest absolute Gasteiger partial charge is 0.385 e. The molecule has 0 atom stereocenters. The van der Waals surface area contributed by atoms with Crippen molar-refractivity contribution in [1.82, 2.24) is 9.13 Å². The molecule has 1 heterocycles. The summed E-state index contributed by atoms with van der Waals surface area (Å²) in [5, 5.41) is 0. The number of hydrogen-bond donors (Lipinski definition) is 0. The molecule has 7 nitrogen and oxygen atoms in total. The molecule has 0 saturated heterocycles. The van der Waals surface area contributed by atoms with E-state index in [9.17, 15) is 14.4 Å². The minimum Gasteiger partial charge on any atom is -0.385 e. The Morgan fingerprint density at radius 2 is 1.70 bits per heavy atom. The van der Waals surface area contributed by atoms with Gasteiger partial charge in [-0.15, -0.1) is 0 Å². The van der Waals surface area contributed by atoms with Gasteiger partial charge in [0.1, 0.15) is 0 Å². The summed E-state index contributed by atoms with van der Waals surface area (Å²) in [5.41, 5.74) is -0.976. The number of nitrogens with zero attached hydrogens (tertiary/aromatic N) is 2. The highest BCUT2D eigenvalue weighted by molar-refractivity contribution is 5.73. The highest BCUT2D eigenvalue weighted by Crippen LogP contribution is 1.92. The van der Waals surface area contributed by atoms with Crippen molar-refractivity contribution in [3.63, 3.8) is 0 Å². The van der Waals surface area contributed by atoms with Crippen LogP contribution in [0.25, 0.3) is 0 Å². The summed E-state index contributed by atoms with van der Waals surface area (Å²) >= 11 is 0. The van der Waals surface area contributed by atoms with Gasteiger partial charge >= 0.3 is 5.69 Å². The Morgan fingerprint density at radius 1 is 1.10 bits per heavy atom. The summed E-state index contributed by atoms with van der Waals surface area (Å²) < 4.78 is 12.3. The number of ether oxygens (including phenoxy) is 2. The molecule has 1 aromatic rings. The second-order valence-corrected chi connectivity index (χ2v) is 4.33. The molecule has 20 heavy (non-hydrogen) atoms. The van der Waals surface area contributed by atoms with E-state index in [2.05, 4.69) is 0 Å². The first-order valence-corrected chi connectivity index (χ1v) is 6.43. The van der Waals surface area contributed by atoms with Crippen LogP contribution in [0.15, 0.2) is 15.8 Å². The van der Waals surface area contributed by atoms with E-state index in [1.165, 1.54) is 10.8 Å². The minimum absolute atomic E-state index is 0.0144. The molecule has 0 saturated carbocycles. The van der Waals surface area contributed by atoms with Crippen molar-refractivity contribution in [2.45, 2.75) is 25.9 Å². The zero-order chi connectivity index (χ0) is 15.0. The fourth-order valence-electron chi connectivity index (χ4n) is 1.86. The maximum atomic E-state index is 12.2. The molecule has 0 spiro atoms. The third-order valence-corrected chi connectivity index (χ3v) is 2.87. The first-order chi connectivity index (χ1) is 9.65. The quantitative estimate of drug-likeness (QED) is 0.467. The fraction of sp³-hybridized carbons (Fsp3) is 0.615. The zero-order valence-electron chi connectivity index (χ0n) is 11.8. The monoisotopic (exact) mass is 284 g/mol. The van der Waals surface area contributed by atoms with E-state index in [1.54, 1.807) is 14.2 Å². The molecule has 7 heteroatoms. The molecule has 1 aromatic heterocycles. The normalized spacial score (nSPS) is 10.7. The molecule has 0 amide bonds. The van der Waals surface area contributed by atoms with Crippen LogP contribution in [-0.4, -0.2) is 42.9 Å². The van der Waals surface area contributed by atoms with Crippen molar-refractivity contribution in [3.05, 3.63) is 32.6 Å². The van der Waals surface area contributed by atoms with Crippen molar-refractivity contribution < 1.29 is 14.3 Å². The van der Waals surface area contributed by atoms with Crippen molar-refractivity contribution in [2.24, 2.45) is 0 Å². The molecule has 0 bridgehead atoms. The van der Waals surface area contributed by atoms with Crippen LogP contribution < -0.4 is 11.2 Å². The maximum Gasteiger partial charge on any atom is 0.330 e. The van der Waals surface area contributed by atoms with E-state index in [0.29, 0.717) is 38.9 Å². The molecule has 1 rings (SSSR count). The molecular weight excluding hydrogens is 264 g/mol. The highest BCUT2D eigenvalue weighted by Gasteiger charge is 2.10. The standard InChI is InChI=1S/C13H20N2O5/c1-19-7-3-5-14-9-11(10-16)12(17)15(13(14)18)6-4-8-20-2/h9-10H,3-8H2,1-2H3. The lowest BCUT2D eigenvalue weighted by Crippen LogP contribution is -2.41. The van der Waals surface area contributed by atoms with Crippen LogP contribution in [0.4, 0.5) is 0 Å². The highest BCUT2D eigenvalue weighted by atomic mass is 16.5. The Hall–Kier alpha value is -1.73. The molecule has 112 valence electrons. The molecule has 0 unspecified atom stereocenters. The second kappa shape index (κ2) is 8.44. The van der Waals surface area contributed by atoms with E-state index < -0.39 is 11.2 Å². The third-order valence-electron chi connectivity index (χ3n) is 2.87. The summed E-state index contributed by atoms with van der Waals surface area (Å²) in [4.78, 5) is 35.0. The Kier molecular flexibility index (Phi) is 6.89. The predicted octanol–water partition coefficient (Wildman–Crippen LogP) is -0.104. The van der Waals surface area contributed by atoms with Crippen LogP contribution in [0, 0.1) is 0 Å². The van der Waals surface area contributed by atoms with Crippen LogP contribution in [-0.2, 0) is 22.6 Å². The Bertz CT molecular complexity index is 547. The molecule has 0 aliphatic rings. The number of aryl methyl sites for hydroxylation is 1. The van der Waals surface area contributed by atoms with Gasteiger partial charge in [-0.3, -0.25) is 18.7 Å². The van der Waals surface area contributed by atoms with Gasteiger partial charge in [0.15, 0.2) is 6.29 Å². The van der Waals surface area contributed by atoms with Gasteiger partial charge in [-0.25, -0.2) is 4.79 Å². The molecule has 0 fully saturated rings. The van der Waals surface area contributed by atoms with Gasteiger partial charge < -0.3 is 9.47 Å². The zero-order valence-corrected chi connectivity index (χ0v) is 11.8. The maximum absolute atomic E-state index is 12.2. The predicted molar refractivity (Wildman–Crippen MR) is 73.3 cm³/mol. The summed E-state index contributed by atoms with van der Waals surface area (Å²) in [6.45, 7) is 1.59. The first-order valence-electron chi connectivity index (χ1n) is 6.43. The van der Waals surface area contributed by atoms with Gasteiger partial charge in [0.2, 0.25) is 0 Å². The van der Waals surface area contributed by atoms with Crippen molar-refractivity contribution >= 4 is 6.29 Å². The topological polar surface area (TPSA) is 79.5 Å². The number of carbonyl (C=O) groups is 1. The number of hydrogen-bond acceptors (Lipinski definition) is 5. The van der Waals surface area contributed by atoms with Crippen LogP contribution in [0.1, 0.15) is 23.2 Å². The van der Waals surface area contributed by atoms with E-state index >= 15 is 0 Å². The molecular formula is C13H20N2O5. The number of aldehydes is 1. The summed E-state index contributed by atoms with van der Waals surface area (Å²) in [5.74, 6) is 0. The third kappa shape index (κ3) is 4.14. The lowest BCUT2D eigenvalue weighted by Gasteiger charge is -2.11. The van der Waals surface area contributed by atoms with Gasteiger partial charge in [0.25, 0.3) is 5.56 Å². The number of aromatic nitrogens is 2. The average Bonchev–Trinajstić information content (AvgIpc) is 2.45. The van der Waals surface area contributed by atoms with Gasteiger partial charge in [-0.05, 0) is 12.8 Å². The van der Waals surface area contributed by atoms with E-state index in [4.69, 9.17) is 9.47 Å². The molecule has 0 aliphatic heterocycles. The van der Waals surface area contributed by atoms with Gasteiger partial charge in [-0.1, -0.05) is 0 Å². The van der Waals surface area contributed by atoms with Crippen LogP contribution in [0.3, 0.4) is 0 Å². The lowest BCUT2D eigenvalue weighted by molar-refractivity contribution is 0.112. The van der Waals surface area contributed by atoms with Crippen LogP contribution >= 0.6 is 0 Å². The van der Waals surface area contributed by atoms with Gasteiger partial charge in [0.05, 0.1) is 5.56 Å². The first kappa shape index (κ1) is 16.3. The van der Waals surface area contributed by atoms with E-state index in [1.807, 2.05) is 0 Å². The number of rotatable bonds is 9. The average molecular weight is 284 g/mol.